The number of piperazine rings is 1. The second-order valence-electron chi connectivity index (χ2n) is 10.3. The summed E-state index contributed by atoms with van der Waals surface area (Å²) in [5, 5.41) is 3.36. The molecule has 1 amide bonds. The molecule has 0 bridgehead atoms. The van der Waals surface area contributed by atoms with E-state index in [9.17, 15) is 4.79 Å². The van der Waals surface area contributed by atoms with Gasteiger partial charge in [-0.15, -0.1) is 0 Å². The summed E-state index contributed by atoms with van der Waals surface area (Å²) < 4.78 is 11.0. The molecule has 0 radical (unpaired) electrons. The molecule has 0 aromatic heterocycles. The number of likely N-dealkylation sites (tertiary alicyclic amines) is 1. The van der Waals surface area contributed by atoms with E-state index in [1.54, 1.807) is 14.2 Å². The minimum absolute atomic E-state index is 0.0263. The Labute approximate surface area is 225 Å². The van der Waals surface area contributed by atoms with Gasteiger partial charge in [-0.25, -0.2) is 0 Å². The van der Waals surface area contributed by atoms with E-state index >= 15 is 0 Å². The number of nitrogens with zero attached hydrogens (tertiary/aromatic N) is 3. The van der Waals surface area contributed by atoms with Crippen LogP contribution in [0.3, 0.4) is 0 Å². The summed E-state index contributed by atoms with van der Waals surface area (Å²) in [7, 11) is 5.46. The summed E-state index contributed by atoms with van der Waals surface area (Å²) in [4.78, 5) is 20.5. The predicted molar refractivity (Wildman–Crippen MR) is 151 cm³/mol. The average molecular weight is 515 g/mol. The van der Waals surface area contributed by atoms with Crippen LogP contribution >= 0.6 is 0 Å². The molecule has 7 nitrogen and oxygen atoms in total. The van der Waals surface area contributed by atoms with Crippen molar-refractivity contribution in [3.63, 3.8) is 0 Å². The number of ether oxygens (including phenoxy) is 2. The summed E-state index contributed by atoms with van der Waals surface area (Å²) in [6, 6.07) is 24.6. The zero-order chi connectivity index (χ0) is 26.5. The number of rotatable bonds is 8. The van der Waals surface area contributed by atoms with Crippen LogP contribution in [0.15, 0.2) is 72.8 Å². The number of carbonyl (C=O) groups excluding carboxylic acids is 1. The van der Waals surface area contributed by atoms with Crippen LogP contribution < -0.4 is 19.7 Å². The molecule has 3 aromatic rings. The molecule has 7 heteroatoms. The molecule has 5 rings (SSSR count). The monoisotopic (exact) mass is 514 g/mol. The lowest BCUT2D eigenvalue weighted by Crippen LogP contribution is -2.44. The number of carbonyl (C=O) groups is 1. The lowest BCUT2D eigenvalue weighted by Gasteiger charge is -2.34. The van der Waals surface area contributed by atoms with Crippen molar-refractivity contribution in [2.24, 2.45) is 0 Å². The highest BCUT2D eigenvalue weighted by molar-refractivity contribution is 5.94. The largest absolute Gasteiger partial charge is 0.493 e. The Morgan fingerprint density at radius 3 is 2.26 bits per heavy atom. The SMILES string of the molecule is COc1ccc(C2CN(Cc3ccccc3)CC2NC(=O)c2ccc(N3CCN(C)CC3)cc2)cc1OC. The molecule has 3 aromatic carbocycles. The van der Waals surface area contributed by atoms with Crippen molar-refractivity contribution in [2.45, 2.75) is 18.5 Å². The van der Waals surface area contributed by atoms with Gasteiger partial charge in [-0.2, -0.15) is 0 Å². The van der Waals surface area contributed by atoms with Gasteiger partial charge in [-0.1, -0.05) is 36.4 Å². The zero-order valence-electron chi connectivity index (χ0n) is 22.6. The van der Waals surface area contributed by atoms with E-state index in [-0.39, 0.29) is 17.9 Å². The normalized spacial score (nSPS) is 20.3. The van der Waals surface area contributed by atoms with Crippen molar-refractivity contribution < 1.29 is 14.3 Å². The lowest BCUT2D eigenvalue weighted by molar-refractivity contribution is 0.0935. The van der Waals surface area contributed by atoms with Crippen LogP contribution in [0, 0.1) is 0 Å². The molecule has 0 aliphatic carbocycles. The highest BCUT2D eigenvalue weighted by atomic mass is 16.5. The van der Waals surface area contributed by atoms with E-state index < -0.39 is 0 Å². The molecule has 2 unspecified atom stereocenters. The summed E-state index contributed by atoms with van der Waals surface area (Å²) in [5.74, 6) is 1.51. The number of hydrogen-bond acceptors (Lipinski definition) is 6. The van der Waals surface area contributed by atoms with Crippen LogP contribution in [0.2, 0.25) is 0 Å². The number of benzene rings is 3. The van der Waals surface area contributed by atoms with Crippen molar-refractivity contribution in [1.82, 2.24) is 15.1 Å². The fourth-order valence-electron chi connectivity index (χ4n) is 5.56. The average Bonchev–Trinajstić information content (AvgIpc) is 3.35. The van der Waals surface area contributed by atoms with Crippen molar-refractivity contribution in [3.05, 3.63) is 89.5 Å². The topological polar surface area (TPSA) is 57.3 Å². The van der Waals surface area contributed by atoms with Gasteiger partial charge in [0.1, 0.15) is 0 Å². The van der Waals surface area contributed by atoms with Crippen LogP contribution in [-0.4, -0.2) is 82.3 Å². The second-order valence-corrected chi connectivity index (χ2v) is 10.3. The number of methoxy groups -OCH3 is 2. The first-order chi connectivity index (χ1) is 18.5. The molecule has 2 saturated heterocycles. The molecule has 38 heavy (non-hydrogen) atoms. The van der Waals surface area contributed by atoms with Crippen LogP contribution in [0.5, 0.6) is 11.5 Å². The van der Waals surface area contributed by atoms with E-state index in [0.29, 0.717) is 17.1 Å². The first kappa shape index (κ1) is 26.1. The van der Waals surface area contributed by atoms with Gasteiger partial charge in [0, 0.05) is 69.0 Å². The quantitative estimate of drug-likeness (QED) is 0.493. The molecule has 2 atom stereocenters. The molecular formula is C31H38N4O3. The predicted octanol–water partition coefficient (Wildman–Crippen LogP) is 3.85. The Kier molecular flexibility index (Phi) is 8.15. The summed E-state index contributed by atoms with van der Waals surface area (Å²) in [6.07, 6.45) is 0. The van der Waals surface area contributed by atoms with Gasteiger partial charge in [-0.05, 0) is 54.6 Å². The van der Waals surface area contributed by atoms with E-state index in [2.05, 4.69) is 69.5 Å². The van der Waals surface area contributed by atoms with Crippen molar-refractivity contribution in [2.75, 3.05) is 65.4 Å². The van der Waals surface area contributed by atoms with E-state index in [1.807, 2.05) is 30.3 Å². The van der Waals surface area contributed by atoms with Crippen molar-refractivity contribution in [3.8, 4) is 11.5 Å². The molecule has 2 aliphatic rings. The van der Waals surface area contributed by atoms with Gasteiger partial charge >= 0.3 is 0 Å². The highest BCUT2D eigenvalue weighted by Crippen LogP contribution is 2.35. The van der Waals surface area contributed by atoms with Gasteiger partial charge in [0.05, 0.1) is 14.2 Å². The minimum Gasteiger partial charge on any atom is -0.493 e. The molecule has 2 fully saturated rings. The van der Waals surface area contributed by atoms with Gasteiger partial charge in [0.15, 0.2) is 11.5 Å². The number of likely N-dealkylation sites (N-methyl/N-ethyl adjacent to an activating group) is 1. The van der Waals surface area contributed by atoms with Crippen LogP contribution in [0.25, 0.3) is 0 Å². The molecule has 2 aliphatic heterocycles. The van der Waals surface area contributed by atoms with Gasteiger partial charge < -0.3 is 24.6 Å². The Morgan fingerprint density at radius 2 is 1.58 bits per heavy atom. The van der Waals surface area contributed by atoms with Gasteiger partial charge in [0.25, 0.3) is 5.91 Å². The Bertz CT molecular complexity index is 1210. The fourth-order valence-corrected chi connectivity index (χ4v) is 5.56. The summed E-state index contributed by atoms with van der Waals surface area (Å²) in [5.41, 5.74) is 4.27. The lowest BCUT2D eigenvalue weighted by atomic mass is 9.93. The van der Waals surface area contributed by atoms with Gasteiger partial charge in [-0.3, -0.25) is 9.69 Å². The maximum absolute atomic E-state index is 13.4. The second kappa shape index (κ2) is 11.9. The van der Waals surface area contributed by atoms with E-state index in [1.165, 1.54) is 11.3 Å². The van der Waals surface area contributed by atoms with Crippen molar-refractivity contribution in [1.29, 1.82) is 0 Å². The third kappa shape index (κ3) is 5.95. The number of hydrogen-bond donors (Lipinski definition) is 1. The molecular weight excluding hydrogens is 476 g/mol. The smallest absolute Gasteiger partial charge is 0.251 e. The maximum atomic E-state index is 13.4. The van der Waals surface area contributed by atoms with Gasteiger partial charge in [0.2, 0.25) is 0 Å². The Hall–Kier alpha value is -3.55. The zero-order valence-corrected chi connectivity index (χ0v) is 22.6. The van der Waals surface area contributed by atoms with Crippen LogP contribution in [0.4, 0.5) is 5.69 Å². The summed E-state index contributed by atoms with van der Waals surface area (Å²) in [6.45, 7) is 6.60. The standard InChI is InChI=1S/C31H38N4O3/c1-33-15-17-35(18-16-33)26-12-9-24(10-13-26)31(36)32-28-22-34(20-23-7-5-4-6-8-23)21-27(28)25-11-14-29(37-2)30(19-25)38-3/h4-14,19,27-28H,15-18,20-22H2,1-3H3,(H,32,36). The third-order valence-corrected chi connectivity index (χ3v) is 7.79. The van der Waals surface area contributed by atoms with E-state index in [4.69, 9.17) is 9.47 Å². The Morgan fingerprint density at radius 1 is 0.868 bits per heavy atom. The summed E-state index contributed by atoms with van der Waals surface area (Å²) >= 11 is 0. The molecule has 0 spiro atoms. The highest BCUT2D eigenvalue weighted by Gasteiger charge is 2.35. The first-order valence-electron chi connectivity index (χ1n) is 13.4. The molecule has 2 heterocycles. The third-order valence-electron chi connectivity index (χ3n) is 7.79. The van der Waals surface area contributed by atoms with E-state index in [0.717, 1.165) is 51.4 Å². The Balaban J connectivity index is 1.32. The number of anilines is 1. The number of amides is 1. The molecule has 200 valence electrons. The maximum Gasteiger partial charge on any atom is 0.251 e. The fraction of sp³-hybridized carbons (Fsp3) is 0.387. The van der Waals surface area contributed by atoms with Crippen LogP contribution in [-0.2, 0) is 6.54 Å². The number of nitrogens with one attached hydrogen (secondary N) is 1. The minimum atomic E-state index is -0.0352. The molecule has 1 N–H and O–H groups in total. The van der Waals surface area contributed by atoms with Crippen LogP contribution in [0.1, 0.15) is 27.4 Å². The first-order valence-corrected chi connectivity index (χ1v) is 13.4. The molecule has 0 saturated carbocycles. The van der Waals surface area contributed by atoms with Crippen molar-refractivity contribution >= 4 is 11.6 Å².